The van der Waals surface area contributed by atoms with Crippen LogP contribution in [0.15, 0.2) is 0 Å². The number of hydrogen-bond acceptors (Lipinski definition) is 4. The molecule has 1 aliphatic rings. The Balaban J connectivity index is 1.96. The van der Waals surface area contributed by atoms with E-state index in [-0.39, 0.29) is 5.78 Å². The summed E-state index contributed by atoms with van der Waals surface area (Å²) in [5.41, 5.74) is 0. The van der Waals surface area contributed by atoms with E-state index in [2.05, 4.69) is 22.5 Å². The Bertz CT molecular complexity index is 215. The van der Waals surface area contributed by atoms with Gasteiger partial charge in [0, 0.05) is 32.7 Å². The second kappa shape index (κ2) is 8.61. The summed E-state index contributed by atoms with van der Waals surface area (Å²) < 4.78 is 0. The van der Waals surface area contributed by atoms with Crippen molar-refractivity contribution in [1.82, 2.24) is 15.5 Å². The van der Waals surface area contributed by atoms with E-state index in [1.165, 1.54) is 32.5 Å². The first-order chi connectivity index (χ1) is 8.18. The first-order valence-corrected chi connectivity index (χ1v) is 6.81. The minimum Gasteiger partial charge on any atom is -0.314 e. The van der Waals surface area contributed by atoms with Crippen molar-refractivity contribution in [3.63, 3.8) is 0 Å². The average Bonchev–Trinajstić information content (AvgIpc) is 2.29. The lowest BCUT2D eigenvalue weighted by molar-refractivity contribution is -0.116. The van der Waals surface area contributed by atoms with Gasteiger partial charge >= 0.3 is 0 Å². The monoisotopic (exact) mass is 241 g/mol. The fraction of sp³-hybridized carbons (Fsp3) is 0.923. The van der Waals surface area contributed by atoms with Crippen molar-refractivity contribution in [3.8, 4) is 0 Å². The molecule has 1 heterocycles. The molecule has 17 heavy (non-hydrogen) atoms. The predicted molar refractivity (Wildman–Crippen MR) is 71.3 cm³/mol. The molecule has 2 N–H and O–H groups in total. The van der Waals surface area contributed by atoms with Crippen LogP contribution < -0.4 is 10.6 Å². The lowest BCUT2D eigenvalue weighted by atomic mass is 10.0. The largest absolute Gasteiger partial charge is 0.314 e. The summed E-state index contributed by atoms with van der Waals surface area (Å²) in [5, 5.41) is 6.55. The van der Waals surface area contributed by atoms with Crippen LogP contribution in [0.1, 0.15) is 26.7 Å². The Labute approximate surface area is 105 Å². The first-order valence-electron chi connectivity index (χ1n) is 6.81. The standard InChI is InChI=1S/C13H27N3O/c1-12(4-3-5-15-10-13(2)17)11-16-8-6-14-7-9-16/h12,14-15H,3-11H2,1-2H3. The minimum absolute atomic E-state index is 0.221. The van der Waals surface area contributed by atoms with Gasteiger partial charge in [0.05, 0.1) is 6.54 Å². The molecule has 4 heteroatoms. The van der Waals surface area contributed by atoms with Gasteiger partial charge in [0.1, 0.15) is 5.78 Å². The summed E-state index contributed by atoms with van der Waals surface area (Å²) in [6, 6.07) is 0. The number of piperazine rings is 1. The zero-order valence-corrected chi connectivity index (χ0v) is 11.3. The van der Waals surface area contributed by atoms with Crippen LogP contribution >= 0.6 is 0 Å². The summed E-state index contributed by atoms with van der Waals surface area (Å²) in [6.45, 7) is 11.3. The van der Waals surface area contributed by atoms with Crippen LogP contribution in [0.3, 0.4) is 0 Å². The zero-order chi connectivity index (χ0) is 12.5. The van der Waals surface area contributed by atoms with E-state index in [1.54, 1.807) is 6.92 Å². The molecule has 0 bridgehead atoms. The van der Waals surface area contributed by atoms with Gasteiger partial charge in [-0.05, 0) is 32.2 Å². The van der Waals surface area contributed by atoms with Gasteiger partial charge in [-0.2, -0.15) is 0 Å². The maximum absolute atomic E-state index is 10.7. The molecule has 0 aromatic heterocycles. The Kier molecular flexibility index (Phi) is 7.40. The van der Waals surface area contributed by atoms with E-state index in [1.807, 2.05) is 0 Å². The van der Waals surface area contributed by atoms with Gasteiger partial charge < -0.3 is 15.5 Å². The summed E-state index contributed by atoms with van der Waals surface area (Å²) in [7, 11) is 0. The normalized spacial score (nSPS) is 19.2. The number of Topliss-reactive ketones (excluding diaryl/α,β-unsaturated/α-hetero) is 1. The van der Waals surface area contributed by atoms with E-state index < -0.39 is 0 Å². The van der Waals surface area contributed by atoms with E-state index in [4.69, 9.17) is 0 Å². The fourth-order valence-corrected chi connectivity index (χ4v) is 2.27. The maximum Gasteiger partial charge on any atom is 0.143 e. The van der Waals surface area contributed by atoms with Gasteiger partial charge in [-0.15, -0.1) is 0 Å². The van der Waals surface area contributed by atoms with E-state index in [0.29, 0.717) is 6.54 Å². The Morgan fingerprint density at radius 2 is 2.12 bits per heavy atom. The summed E-state index contributed by atoms with van der Waals surface area (Å²) in [5.74, 6) is 0.978. The number of carbonyl (C=O) groups excluding carboxylic acids is 1. The fourth-order valence-electron chi connectivity index (χ4n) is 2.27. The van der Waals surface area contributed by atoms with Crippen molar-refractivity contribution in [2.75, 3.05) is 45.8 Å². The molecular formula is C13H27N3O. The molecule has 100 valence electrons. The Morgan fingerprint density at radius 3 is 2.76 bits per heavy atom. The molecule has 1 rings (SSSR count). The van der Waals surface area contributed by atoms with Crippen LogP contribution in [-0.4, -0.2) is 56.5 Å². The van der Waals surface area contributed by atoms with Gasteiger partial charge in [0.25, 0.3) is 0 Å². The molecule has 0 aromatic carbocycles. The molecule has 1 saturated heterocycles. The molecule has 0 aromatic rings. The van der Waals surface area contributed by atoms with Gasteiger partial charge in [0.2, 0.25) is 0 Å². The highest BCUT2D eigenvalue weighted by molar-refractivity contribution is 5.77. The van der Waals surface area contributed by atoms with Crippen LogP contribution in [0.5, 0.6) is 0 Å². The summed E-state index contributed by atoms with van der Waals surface area (Å²) in [6.07, 6.45) is 2.41. The van der Waals surface area contributed by atoms with E-state index in [0.717, 1.165) is 25.6 Å². The van der Waals surface area contributed by atoms with Crippen molar-refractivity contribution in [3.05, 3.63) is 0 Å². The second-order valence-corrected chi connectivity index (χ2v) is 5.18. The molecule has 4 nitrogen and oxygen atoms in total. The molecule has 0 aliphatic carbocycles. The lowest BCUT2D eigenvalue weighted by Gasteiger charge is -2.29. The van der Waals surface area contributed by atoms with Crippen LogP contribution in [0.4, 0.5) is 0 Å². The third-order valence-corrected chi connectivity index (χ3v) is 3.20. The number of nitrogens with zero attached hydrogens (tertiary/aromatic N) is 1. The van der Waals surface area contributed by atoms with Gasteiger partial charge in [-0.1, -0.05) is 6.92 Å². The van der Waals surface area contributed by atoms with Gasteiger partial charge in [0.15, 0.2) is 0 Å². The van der Waals surface area contributed by atoms with Crippen LogP contribution in [0, 0.1) is 5.92 Å². The SMILES string of the molecule is CC(=O)CNCCCC(C)CN1CCNCC1. The van der Waals surface area contributed by atoms with Crippen molar-refractivity contribution in [2.45, 2.75) is 26.7 Å². The molecule has 1 unspecified atom stereocenters. The number of ketones is 1. The van der Waals surface area contributed by atoms with Crippen molar-refractivity contribution in [2.24, 2.45) is 5.92 Å². The zero-order valence-electron chi connectivity index (χ0n) is 11.3. The highest BCUT2D eigenvalue weighted by Gasteiger charge is 2.12. The molecule has 1 fully saturated rings. The van der Waals surface area contributed by atoms with Gasteiger partial charge in [-0.25, -0.2) is 0 Å². The summed E-state index contributed by atoms with van der Waals surface area (Å²) in [4.78, 5) is 13.3. The van der Waals surface area contributed by atoms with Crippen molar-refractivity contribution < 1.29 is 4.79 Å². The highest BCUT2D eigenvalue weighted by Crippen LogP contribution is 2.08. The quantitative estimate of drug-likeness (QED) is 0.607. The lowest BCUT2D eigenvalue weighted by Crippen LogP contribution is -2.45. The van der Waals surface area contributed by atoms with Crippen LogP contribution in [-0.2, 0) is 4.79 Å². The highest BCUT2D eigenvalue weighted by atomic mass is 16.1. The molecule has 0 amide bonds. The number of rotatable bonds is 8. The minimum atomic E-state index is 0.221. The predicted octanol–water partition coefficient (Wildman–Crippen LogP) is 0.487. The van der Waals surface area contributed by atoms with Crippen LogP contribution in [0.2, 0.25) is 0 Å². The third-order valence-electron chi connectivity index (χ3n) is 3.20. The maximum atomic E-state index is 10.7. The Morgan fingerprint density at radius 1 is 1.41 bits per heavy atom. The number of hydrogen-bond donors (Lipinski definition) is 2. The van der Waals surface area contributed by atoms with Crippen molar-refractivity contribution >= 4 is 5.78 Å². The molecule has 0 radical (unpaired) electrons. The molecule has 1 aliphatic heterocycles. The van der Waals surface area contributed by atoms with Gasteiger partial charge in [-0.3, -0.25) is 4.79 Å². The van der Waals surface area contributed by atoms with Crippen LogP contribution in [0.25, 0.3) is 0 Å². The van der Waals surface area contributed by atoms with Crippen molar-refractivity contribution in [1.29, 1.82) is 0 Å². The smallest absolute Gasteiger partial charge is 0.143 e. The second-order valence-electron chi connectivity index (χ2n) is 5.18. The molecular weight excluding hydrogens is 214 g/mol. The average molecular weight is 241 g/mol. The third kappa shape index (κ3) is 7.47. The molecule has 0 spiro atoms. The molecule has 1 atom stereocenters. The molecule has 0 saturated carbocycles. The summed E-state index contributed by atoms with van der Waals surface area (Å²) >= 11 is 0. The topological polar surface area (TPSA) is 44.4 Å². The van der Waals surface area contributed by atoms with E-state index in [9.17, 15) is 4.79 Å². The number of nitrogens with one attached hydrogen (secondary N) is 2. The van der Waals surface area contributed by atoms with E-state index >= 15 is 0 Å². The first kappa shape index (κ1) is 14.6. The Hall–Kier alpha value is -0.450. The number of carbonyl (C=O) groups is 1.